The van der Waals surface area contributed by atoms with Gasteiger partial charge in [-0.3, -0.25) is 33.6 Å². The molecule has 0 spiro atoms. The Morgan fingerprint density at radius 1 is 0.340 bits per heavy atom. The Kier molecular flexibility index (Phi) is 49.7. The molecule has 0 fully saturated rings. The fourth-order valence-electron chi connectivity index (χ4n) is 17.6. The number of primary amides is 3. The van der Waals surface area contributed by atoms with Gasteiger partial charge in [-0.15, -0.1) is 0 Å². The Hall–Kier alpha value is -11.0. The van der Waals surface area contributed by atoms with Crippen LogP contribution in [0.25, 0.3) is 22.7 Å². The van der Waals surface area contributed by atoms with Gasteiger partial charge in [-0.1, -0.05) is 55.4 Å². The molecule has 0 saturated carbocycles. The van der Waals surface area contributed by atoms with E-state index >= 15 is 0 Å². The van der Waals surface area contributed by atoms with Gasteiger partial charge in [-0.25, -0.2) is 23.1 Å². The molecule has 0 radical (unpaired) electrons. The molecule has 4 aromatic heterocycles. The van der Waals surface area contributed by atoms with Gasteiger partial charge in [-0.2, -0.15) is 25.7 Å². The summed E-state index contributed by atoms with van der Waals surface area (Å²) in [6, 6.07) is 22.2. The minimum absolute atomic E-state index is 0.00194. The van der Waals surface area contributed by atoms with Crippen LogP contribution in [-0.4, -0.2) is 309 Å². The van der Waals surface area contributed by atoms with E-state index in [1.54, 1.807) is 41.9 Å². The largest absolute Gasteiger partial charge is 0.394 e. The number of rotatable bonds is 63. The average molecular weight is 2050 g/mol. The highest BCUT2D eigenvalue weighted by molar-refractivity contribution is 6.04. The lowest BCUT2D eigenvalue weighted by Crippen LogP contribution is -2.28. The van der Waals surface area contributed by atoms with Gasteiger partial charge in [0, 0.05) is 101 Å². The van der Waals surface area contributed by atoms with Crippen LogP contribution in [0.2, 0.25) is 0 Å². The first-order valence-electron chi connectivity index (χ1n) is 50.8. The first-order valence-corrected chi connectivity index (χ1v) is 50.8. The number of halogens is 1. The van der Waals surface area contributed by atoms with E-state index in [4.69, 9.17) is 116 Å². The van der Waals surface area contributed by atoms with Gasteiger partial charge in [0.1, 0.15) is 11.9 Å². The minimum atomic E-state index is -0.580. The lowest BCUT2D eigenvalue weighted by atomic mass is 9.75. The Labute approximate surface area is 862 Å². The molecular formula is C107H156FN17O22. The number of nitrogens with zero attached hydrogens (tertiary/aromatic N) is 9. The maximum absolute atomic E-state index is 13.9. The van der Waals surface area contributed by atoms with Crippen LogP contribution in [0.4, 0.5) is 21.5 Å². The quantitative estimate of drug-likeness (QED) is 0.0160. The van der Waals surface area contributed by atoms with Gasteiger partial charge in [0.15, 0.2) is 23.1 Å². The number of aliphatic hydroxyl groups excluding tert-OH is 1. The third-order valence-electron chi connectivity index (χ3n) is 24.4. The normalized spacial score (nSPS) is 14.6. The fourth-order valence-corrected chi connectivity index (χ4v) is 17.6. The van der Waals surface area contributed by atoms with Crippen molar-refractivity contribution in [3.8, 4) is 28.8 Å². The predicted octanol–water partition coefficient (Wildman–Crippen LogP) is 11.0. The van der Waals surface area contributed by atoms with Crippen LogP contribution in [0.1, 0.15) is 237 Å². The molecule has 39 nitrogen and oxygen atoms in total. The van der Waals surface area contributed by atoms with E-state index in [-0.39, 0.29) is 57.0 Å². The third-order valence-corrected chi connectivity index (χ3v) is 24.4. The number of aromatic nitrogens is 8. The number of hydrogen-bond donors (Lipinski definition) is 9. The van der Waals surface area contributed by atoms with Crippen LogP contribution in [0.15, 0.2) is 72.8 Å². The summed E-state index contributed by atoms with van der Waals surface area (Å²) in [7, 11) is 0. The molecule has 4 aliphatic rings. The molecule has 14 N–H and O–H groups in total. The van der Waals surface area contributed by atoms with Crippen molar-refractivity contribution in [3.63, 3.8) is 0 Å². The van der Waals surface area contributed by atoms with Gasteiger partial charge in [-0.05, 0) is 187 Å². The molecule has 0 saturated heterocycles. The number of carbonyl (C=O) groups excluding carboxylic acids is 7. The van der Waals surface area contributed by atoms with Gasteiger partial charge < -0.3 is 116 Å². The number of nitrogens with one attached hydrogen (secondary N) is 3. The molecule has 808 valence electrons. The number of aliphatic hydroxyl groups is 1. The van der Waals surface area contributed by atoms with E-state index in [2.05, 4.69) is 67.7 Å². The SMILES string of the molecule is Cc1nn(-c2ccc(C#N)c(F)c2)c2c1C(=O)CC(C)(C)C2.Cc1nn(-c2ccc(C(N)=O)c(NCCCOCCOCCOCCOCCO)c2)c2c1C(=O)CC(C)(C)C2.Cc1nn(-c2ccc(C(N)=O)c(NCCCOCCOCCOCCOCCOCCCNc3cc(-n4nc(C)c5c4CC(C)(C)CC5=O)ccc3C(N)=O)c2)c2c1C(=O)CC(C)(C)C2.NCCCOCCOCCOCCOCCOCCCN. The molecule has 0 bridgehead atoms. The van der Waals surface area contributed by atoms with Crippen molar-refractivity contribution in [2.75, 3.05) is 240 Å². The van der Waals surface area contributed by atoms with Gasteiger partial charge in [0.05, 0.1) is 271 Å². The minimum Gasteiger partial charge on any atom is -0.394 e. The Morgan fingerprint density at radius 2 is 0.551 bits per heavy atom. The molecule has 3 amide bonds. The number of anilines is 3. The van der Waals surface area contributed by atoms with E-state index in [9.17, 15) is 38.0 Å². The zero-order chi connectivity index (χ0) is 106. The number of hydrogen-bond acceptors (Lipinski definition) is 32. The summed E-state index contributed by atoms with van der Waals surface area (Å²) in [6.45, 7) is 41.3. The first kappa shape index (κ1) is 119. The monoisotopic (exact) mass is 2050 g/mol. The number of aryl methyl sites for hydroxylation is 4. The Bertz CT molecular complexity index is 5430. The molecule has 4 aliphatic carbocycles. The van der Waals surface area contributed by atoms with Gasteiger partial charge in [0.2, 0.25) is 0 Å². The van der Waals surface area contributed by atoms with Crippen LogP contribution < -0.4 is 44.6 Å². The van der Waals surface area contributed by atoms with E-state index in [1.807, 2.05) is 85.1 Å². The van der Waals surface area contributed by atoms with E-state index < -0.39 is 23.5 Å². The highest BCUT2D eigenvalue weighted by Gasteiger charge is 2.41. The standard InChI is InChI=1S/C48H66N8O9.C28H42N4O7.C17H16FN3O.C14H32N2O5/c1-31-43-39(27-47(3,4)29-41(43)57)55(53-31)33-9-11-35(45(49)59)37(25-33)51-13-7-15-61-17-19-63-21-23-65-24-22-64-20-18-62-16-8-14-52-38-26-34(10-12-36(38)46(50)60)56-40-28-48(5,6)30-42(58)44(40)32(2)54-56;1-20-26-24(18-28(2,3)19-25(26)34)32(31-20)21-5-6-22(27(29)35)23(17-21)30-7-4-9-36-11-13-38-15-16-39-14-12-37-10-8-33;1-10-16-14(7-17(2,3)8-15(16)22)21(20-10)12-5-4-11(9-19)13(18)6-12;15-3-1-5-17-7-9-19-11-13-21-14-12-20-10-8-18-6-2-4-16/h9-12,25-26,51-52H,7-8,13-24,27-30H2,1-6H3,(H2,49,59)(H2,50,60);5-6,17,30,33H,4,7-16,18-19H2,1-3H3,(H2,29,35);4-6H,7-8H2,1-3H3;1-16H2. The maximum atomic E-state index is 13.9. The molecule has 4 heterocycles. The summed E-state index contributed by atoms with van der Waals surface area (Å²) in [5.41, 5.74) is 41.9. The smallest absolute Gasteiger partial charge is 0.250 e. The summed E-state index contributed by atoms with van der Waals surface area (Å²) in [4.78, 5) is 87.4. The van der Waals surface area contributed by atoms with Crippen molar-refractivity contribution in [1.82, 2.24) is 39.1 Å². The highest BCUT2D eigenvalue weighted by Crippen LogP contribution is 2.42. The van der Waals surface area contributed by atoms with Crippen LogP contribution in [-0.2, 0) is 92.0 Å². The van der Waals surface area contributed by atoms with E-state index in [0.717, 1.165) is 84.1 Å². The molecule has 4 aromatic carbocycles. The summed E-state index contributed by atoms with van der Waals surface area (Å²) in [5, 5.41) is 45.9. The Balaban J connectivity index is 0.000000246. The van der Waals surface area contributed by atoms with Crippen molar-refractivity contribution >= 4 is 57.9 Å². The number of benzene rings is 4. The third kappa shape index (κ3) is 38.2. The zero-order valence-corrected chi connectivity index (χ0v) is 88.0. The van der Waals surface area contributed by atoms with Crippen molar-refractivity contribution in [3.05, 3.63) is 169 Å². The van der Waals surface area contributed by atoms with Gasteiger partial charge in [0.25, 0.3) is 17.7 Å². The van der Waals surface area contributed by atoms with Crippen LogP contribution in [0.3, 0.4) is 0 Å². The molecule has 0 aliphatic heterocycles. The zero-order valence-electron chi connectivity index (χ0n) is 88.0. The number of ketones is 4. The molecule has 0 atom stereocenters. The molecular weight excluding hydrogens is 1890 g/mol. The highest BCUT2D eigenvalue weighted by atomic mass is 19.1. The van der Waals surface area contributed by atoms with Crippen molar-refractivity contribution < 1.29 is 109 Å². The van der Waals surface area contributed by atoms with Crippen molar-refractivity contribution in [1.29, 1.82) is 5.26 Å². The summed E-state index contributed by atoms with van der Waals surface area (Å²) in [6.07, 6.45) is 8.77. The number of carbonyl (C=O) groups is 7. The lowest BCUT2D eigenvalue weighted by molar-refractivity contribution is -0.0110. The topological polar surface area (TPSA) is 530 Å². The van der Waals surface area contributed by atoms with Crippen molar-refractivity contribution in [2.24, 2.45) is 50.3 Å². The predicted molar refractivity (Wildman–Crippen MR) is 554 cm³/mol. The summed E-state index contributed by atoms with van der Waals surface area (Å²) >= 11 is 0. The molecule has 8 aromatic rings. The maximum Gasteiger partial charge on any atom is 0.250 e. The second-order valence-corrected chi connectivity index (χ2v) is 39.5. The van der Waals surface area contributed by atoms with E-state index in [0.29, 0.717) is 341 Å². The van der Waals surface area contributed by atoms with Crippen molar-refractivity contribution in [2.45, 2.75) is 167 Å². The van der Waals surface area contributed by atoms with Crippen LogP contribution in [0.5, 0.6) is 0 Å². The lowest BCUT2D eigenvalue weighted by Gasteiger charge is -2.29. The molecule has 147 heavy (non-hydrogen) atoms. The second-order valence-electron chi connectivity index (χ2n) is 39.5. The summed E-state index contributed by atoms with van der Waals surface area (Å²) in [5.74, 6) is -1.73. The summed E-state index contributed by atoms with van der Waals surface area (Å²) < 4.78 is 97.4. The first-order chi connectivity index (χ1) is 70.5. The Morgan fingerprint density at radius 3 is 0.762 bits per heavy atom. The molecule has 0 unspecified atom stereocenters. The number of ether oxygens (including phenoxy) is 14. The average Bonchev–Trinajstić information content (AvgIpc) is 1.63. The second kappa shape index (κ2) is 61.2. The molecule has 40 heteroatoms. The van der Waals surface area contributed by atoms with Gasteiger partial charge >= 0.3 is 0 Å². The van der Waals surface area contributed by atoms with E-state index in [1.165, 1.54) is 12.1 Å². The number of Topliss-reactive ketones (excluding diaryl/α,β-unsaturated/α-hetero) is 4. The van der Waals surface area contributed by atoms with Crippen LogP contribution >= 0.6 is 0 Å². The fraction of sp³-hybridized carbons (Fsp3) is 0.589. The number of nitriles is 1. The molecule has 12 rings (SSSR count). The number of amides is 3. The number of fused-ring (bicyclic) bond motifs is 4. The number of nitrogens with two attached hydrogens (primary N) is 5. The van der Waals surface area contributed by atoms with Crippen LogP contribution in [0, 0.1) is 66.5 Å².